The summed E-state index contributed by atoms with van der Waals surface area (Å²) in [4.78, 5) is 26.5. The third-order valence-corrected chi connectivity index (χ3v) is 6.18. The number of nitrogens with zero attached hydrogens (tertiary/aromatic N) is 1. The van der Waals surface area contributed by atoms with Gasteiger partial charge < -0.3 is 20.3 Å². The normalized spacial score (nSPS) is 12.6. The zero-order chi connectivity index (χ0) is 23.8. The van der Waals surface area contributed by atoms with Crippen LogP contribution in [-0.2, 0) is 35.5 Å². The molecule has 0 atom stereocenters. The van der Waals surface area contributed by atoms with Gasteiger partial charge in [-0.25, -0.2) is 0 Å². The molecule has 6 nitrogen and oxygen atoms in total. The van der Waals surface area contributed by atoms with E-state index in [9.17, 15) is 9.59 Å². The van der Waals surface area contributed by atoms with Crippen molar-refractivity contribution < 1.29 is 14.3 Å². The molecule has 0 radical (unpaired) electrons. The maximum Gasteiger partial charge on any atom is 0.309 e. The Balaban J connectivity index is 1.16. The molecule has 2 N–H and O–H groups in total. The van der Waals surface area contributed by atoms with E-state index in [0.717, 1.165) is 43.7 Å². The monoisotopic (exact) mass is 457 g/mol. The predicted octanol–water partition coefficient (Wildman–Crippen LogP) is 3.62. The summed E-state index contributed by atoms with van der Waals surface area (Å²) in [6.07, 6.45) is 2.69. The summed E-state index contributed by atoms with van der Waals surface area (Å²) in [6, 6.07) is 24.7. The van der Waals surface area contributed by atoms with Crippen LogP contribution in [0.25, 0.3) is 0 Å². The summed E-state index contributed by atoms with van der Waals surface area (Å²) < 4.78 is 5.11. The van der Waals surface area contributed by atoms with Gasteiger partial charge in [0.2, 0.25) is 0 Å². The minimum atomic E-state index is -0.622. The molecular weight excluding hydrogens is 426 g/mol. The van der Waals surface area contributed by atoms with Gasteiger partial charge >= 0.3 is 11.8 Å². The molecule has 0 saturated carbocycles. The van der Waals surface area contributed by atoms with E-state index in [-0.39, 0.29) is 0 Å². The van der Waals surface area contributed by atoms with E-state index in [1.165, 1.54) is 22.4 Å². The van der Waals surface area contributed by atoms with Gasteiger partial charge in [0.25, 0.3) is 0 Å². The van der Waals surface area contributed by atoms with Crippen molar-refractivity contribution in [3.63, 3.8) is 0 Å². The van der Waals surface area contributed by atoms with Crippen LogP contribution in [0.3, 0.4) is 0 Å². The first-order chi connectivity index (χ1) is 16.6. The molecule has 3 aromatic carbocycles. The molecule has 0 bridgehead atoms. The fourth-order valence-corrected chi connectivity index (χ4v) is 4.17. The molecule has 2 amide bonds. The van der Waals surface area contributed by atoms with Crippen LogP contribution in [0, 0.1) is 0 Å². The maximum atomic E-state index is 12.0. The number of nitrogens with one attached hydrogen (secondary N) is 2. The Morgan fingerprint density at radius 1 is 0.853 bits per heavy atom. The molecule has 0 aromatic heterocycles. The lowest BCUT2D eigenvalue weighted by atomic mass is 9.99. The summed E-state index contributed by atoms with van der Waals surface area (Å²) in [7, 11) is 1.60. The number of hydrogen-bond donors (Lipinski definition) is 2. The number of ether oxygens (including phenoxy) is 1. The highest BCUT2D eigenvalue weighted by molar-refractivity contribution is 6.35. The van der Waals surface area contributed by atoms with E-state index in [0.29, 0.717) is 13.1 Å². The van der Waals surface area contributed by atoms with Crippen molar-refractivity contribution in [3.05, 3.63) is 95.1 Å². The predicted molar refractivity (Wildman–Crippen MR) is 134 cm³/mol. The van der Waals surface area contributed by atoms with E-state index in [2.05, 4.69) is 64.1 Å². The van der Waals surface area contributed by atoms with Crippen LogP contribution in [-0.4, -0.2) is 32.0 Å². The highest BCUT2D eigenvalue weighted by Gasteiger charge is 2.16. The van der Waals surface area contributed by atoms with Gasteiger partial charge in [-0.3, -0.25) is 9.59 Å². The van der Waals surface area contributed by atoms with Crippen molar-refractivity contribution in [1.29, 1.82) is 0 Å². The molecule has 4 rings (SSSR count). The topological polar surface area (TPSA) is 70.7 Å². The van der Waals surface area contributed by atoms with E-state index >= 15 is 0 Å². The zero-order valence-electron chi connectivity index (χ0n) is 19.5. The molecule has 0 aliphatic carbocycles. The first-order valence-corrected chi connectivity index (χ1v) is 11.7. The number of methoxy groups -OCH3 is 1. The molecule has 0 saturated heterocycles. The van der Waals surface area contributed by atoms with Gasteiger partial charge in [-0.15, -0.1) is 0 Å². The largest absolute Gasteiger partial charge is 0.497 e. The van der Waals surface area contributed by atoms with Crippen LogP contribution in [0.15, 0.2) is 72.8 Å². The number of carbonyl (C=O) groups is 2. The molecule has 0 spiro atoms. The average Bonchev–Trinajstić information content (AvgIpc) is 2.90. The quantitative estimate of drug-likeness (QED) is 0.400. The molecule has 0 fully saturated rings. The van der Waals surface area contributed by atoms with Gasteiger partial charge in [-0.1, -0.05) is 48.5 Å². The first-order valence-electron chi connectivity index (χ1n) is 11.7. The smallest absolute Gasteiger partial charge is 0.309 e. The number of hydrogen-bond acceptors (Lipinski definition) is 4. The van der Waals surface area contributed by atoms with E-state index in [1.54, 1.807) is 7.11 Å². The summed E-state index contributed by atoms with van der Waals surface area (Å²) in [6.45, 7) is 2.73. The fraction of sp³-hybridized carbons (Fsp3) is 0.286. The third-order valence-electron chi connectivity index (χ3n) is 6.18. The highest BCUT2D eigenvalue weighted by Crippen LogP contribution is 2.24. The summed E-state index contributed by atoms with van der Waals surface area (Å²) >= 11 is 0. The molecule has 3 aromatic rings. The van der Waals surface area contributed by atoms with E-state index in [4.69, 9.17) is 4.74 Å². The van der Waals surface area contributed by atoms with Crippen LogP contribution < -0.4 is 20.3 Å². The fourth-order valence-electron chi connectivity index (χ4n) is 4.17. The number of amides is 2. The highest BCUT2D eigenvalue weighted by atomic mass is 16.5. The molecule has 1 heterocycles. The van der Waals surface area contributed by atoms with Crippen LogP contribution in [0.1, 0.15) is 28.7 Å². The average molecular weight is 458 g/mol. The summed E-state index contributed by atoms with van der Waals surface area (Å²) in [5.74, 6) is -0.475. The lowest BCUT2D eigenvalue weighted by Crippen LogP contribution is -2.40. The number of benzene rings is 3. The van der Waals surface area contributed by atoms with Gasteiger partial charge in [0, 0.05) is 31.9 Å². The van der Waals surface area contributed by atoms with Gasteiger partial charge in [-0.2, -0.15) is 0 Å². The Bertz CT molecular complexity index is 1110. The Morgan fingerprint density at radius 2 is 1.53 bits per heavy atom. The molecule has 6 heteroatoms. The van der Waals surface area contributed by atoms with Crippen molar-refractivity contribution in [2.45, 2.75) is 32.4 Å². The molecule has 34 heavy (non-hydrogen) atoms. The Hall–Kier alpha value is -3.80. The van der Waals surface area contributed by atoms with Gasteiger partial charge in [-0.05, 0) is 65.8 Å². The Labute approximate surface area is 200 Å². The summed E-state index contributed by atoms with van der Waals surface area (Å²) in [5.41, 5.74) is 6.21. The lowest BCUT2D eigenvalue weighted by Gasteiger charge is -2.30. The molecule has 1 aliphatic heterocycles. The Morgan fingerprint density at radius 3 is 2.26 bits per heavy atom. The molecule has 1 aliphatic rings. The third kappa shape index (κ3) is 6.16. The number of rotatable bonds is 8. The molecular formula is C28H31N3O3. The maximum absolute atomic E-state index is 12.0. The van der Waals surface area contributed by atoms with Crippen LogP contribution in [0.4, 0.5) is 5.69 Å². The number of aryl methyl sites for hydroxylation is 1. The van der Waals surface area contributed by atoms with Crippen LogP contribution >= 0.6 is 0 Å². The van der Waals surface area contributed by atoms with E-state index in [1.807, 2.05) is 24.3 Å². The van der Waals surface area contributed by atoms with Crippen molar-refractivity contribution in [1.82, 2.24) is 10.6 Å². The molecule has 176 valence electrons. The first kappa shape index (κ1) is 23.4. The second-order valence-electron chi connectivity index (χ2n) is 8.50. The molecule has 0 unspecified atom stereocenters. The minimum Gasteiger partial charge on any atom is -0.497 e. The van der Waals surface area contributed by atoms with Crippen LogP contribution in [0.5, 0.6) is 5.75 Å². The number of carbonyl (C=O) groups excluding carboxylic acids is 2. The SMILES string of the molecule is COc1ccc(CNC(=O)C(=O)NCCCc2ccc(N3CCc4ccccc4C3)cc2)cc1. The second kappa shape index (κ2) is 11.4. The lowest BCUT2D eigenvalue weighted by molar-refractivity contribution is -0.139. The zero-order valence-corrected chi connectivity index (χ0v) is 19.5. The summed E-state index contributed by atoms with van der Waals surface area (Å²) in [5, 5.41) is 5.34. The van der Waals surface area contributed by atoms with Gasteiger partial charge in [0.05, 0.1) is 7.11 Å². The minimum absolute atomic E-state index is 0.297. The standard InChI is InChI=1S/C28H31N3O3/c1-34-26-14-10-22(11-15-26)19-30-28(33)27(32)29-17-4-5-21-8-12-25(13-9-21)31-18-16-23-6-2-3-7-24(23)20-31/h2-3,6-15H,4-5,16-20H2,1H3,(H,29,32)(H,30,33). The van der Waals surface area contributed by atoms with Crippen molar-refractivity contribution in [3.8, 4) is 5.75 Å². The Kier molecular flexibility index (Phi) is 7.81. The second-order valence-corrected chi connectivity index (χ2v) is 8.50. The number of fused-ring (bicyclic) bond motifs is 1. The van der Waals surface area contributed by atoms with Crippen LogP contribution in [0.2, 0.25) is 0 Å². The van der Waals surface area contributed by atoms with E-state index < -0.39 is 11.8 Å². The van der Waals surface area contributed by atoms with Gasteiger partial charge in [0.15, 0.2) is 0 Å². The van der Waals surface area contributed by atoms with Gasteiger partial charge in [0.1, 0.15) is 5.75 Å². The van der Waals surface area contributed by atoms with Crippen molar-refractivity contribution in [2.75, 3.05) is 25.1 Å². The van der Waals surface area contributed by atoms with Crippen molar-refractivity contribution in [2.24, 2.45) is 0 Å². The number of anilines is 1. The van der Waals surface area contributed by atoms with Crippen molar-refractivity contribution >= 4 is 17.5 Å².